The summed E-state index contributed by atoms with van der Waals surface area (Å²) in [6.45, 7) is 1.85. The maximum absolute atomic E-state index is 12.1. The van der Waals surface area contributed by atoms with Crippen molar-refractivity contribution in [3.05, 3.63) is 22.7 Å². The summed E-state index contributed by atoms with van der Waals surface area (Å²) in [6.07, 6.45) is 0. The highest BCUT2D eigenvalue weighted by Crippen LogP contribution is 2.23. The van der Waals surface area contributed by atoms with E-state index in [0.717, 1.165) is 0 Å². The molecule has 4 N–H and O–H groups in total. The quantitative estimate of drug-likeness (QED) is 0.642. The number of aliphatic hydroxyl groups is 1. The molecule has 0 radical (unpaired) electrons. The van der Waals surface area contributed by atoms with E-state index in [4.69, 9.17) is 5.73 Å². The Morgan fingerprint density at radius 3 is 2.55 bits per heavy atom. The largest absolute Gasteiger partial charge is 0.398 e. The van der Waals surface area contributed by atoms with E-state index in [1.165, 1.54) is 18.2 Å². The van der Waals surface area contributed by atoms with Crippen LogP contribution in [0.5, 0.6) is 0 Å². The fraction of sp³-hybridized carbons (Fsp3) is 0.500. The molecule has 1 aromatic carbocycles. The van der Waals surface area contributed by atoms with Crippen LogP contribution in [-0.2, 0) is 10.0 Å². The van der Waals surface area contributed by atoms with Crippen LogP contribution in [0, 0.1) is 0 Å². The van der Waals surface area contributed by atoms with Gasteiger partial charge < -0.3 is 15.7 Å². The molecule has 1 rings (SSSR count). The third-order valence-corrected chi connectivity index (χ3v) is 4.67. The molecule has 8 heteroatoms. The van der Waals surface area contributed by atoms with E-state index in [9.17, 15) is 13.5 Å². The molecule has 0 spiro atoms. The molecule has 1 unspecified atom stereocenters. The topological polar surface area (TPSA) is 95.7 Å². The van der Waals surface area contributed by atoms with E-state index in [0.29, 0.717) is 16.7 Å². The molecule has 0 bridgehead atoms. The Labute approximate surface area is 128 Å². The Kier molecular flexibility index (Phi) is 5.56. The Bertz CT molecular complexity index is 573. The summed E-state index contributed by atoms with van der Waals surface area (Å²) in [5.41, 5.74) is 4.93. The zero-order valence-electron chi connectivity index (χ0n) is 11.7. The lowest BCUT2D eigenvalue weighted by Gasteiger charge is -2.27. The molecular formula is C12H20BrN3O3S. The van der Waals surface area contributed by atoms with Crippen molar-refractivity contribution in [3.8, 4) is 0 Å². The summed E-state index contributed by atoms with van der Waals surface area (Å²) >= 11 is 3.19. The number of anilines is 1. The molecule has 20 heavy (non-hydrogen) atoms. The smallest absolute Gasteiger partial charge is 0.240 e. The first-order valence-electron chi connectivity index (χ1n) is 5.95. The van der Waals surface area contributed by atoms with E-state index < -0.39 is 15.6 Å². The van der Waals surface area contributed by atoms with Crippen LogP contribution in [0.4, 0.5) is 5.69 Å². The van der Waals surface area contributed by atoms with Crippen LogP contribution in [0.3, 0.4) is 0 Å². The summed E-state index contributed by atoms with van der Waals surface area (Å²) in [4.78, 5) is 1.88. The van der Waals surface area contributed by atoms with Crippen LogP contribution in [0.2, 0.25) is 0 Å². The van der Waals surface area contributed by atoms with Crippen LogP contribution in [0.1, 0.15) is 6.92 Å². The standard InChI is InChI=1S/C12H20BrN3O3S/c1-12(17,8-16(2)3)7-15-20(18,19)9-4-5-11(14)10(13)6-9/h4-6,15,17H,7-8,14H2,1-3H3. The first-order valence-corrected chi connectivity index (χ1v) is 8.23. The van der Waals surface area contributed by atoms with E-state index in [2.05, 4.69) is 20.7 Å². The second-order valence-corrected chi connectivity index (χ2v) is 7.86. The number of nitrogens with zero attached hydrogens (tertiary/aromatic N) is 1. The average Bonchev–Trinajstić information content (AvgIpc) is 2.29. The number of rotatable bonds is 6. The van der Waals surface area contributed by atoms with Crippen LogP contribution in [-0.4, -0.2) is 51.2 Å². The van der Waals surface area contributed by atoms with E-state index >= 15 is 0 Å². The summed E-state index contributed by atoms with van der Waals surface area (Å²) in [5.74, 6) is 0. The van der Waals surface area contributed by atoms with Gasteiger partial charge in [0.2, 0.25) is 10.0 Å². The van der Waals surface area contributed by atoms with Crippen molar-refractivity contribution in [1.29, 1.82) is 0 Å². The fourth-order valence-corrected chi connectivity index (χ4v) is 3.46. The highest BCUT2D eigenvalue weighted by atomic mass is 79.9. The number of likely N-dealkylation sites (N-methyl/N-ethyl adjacent to an activating group) is 1. The predicted molar refractivity (Wildman–Crippen MR) is 82.9 cm³/mol. The molecule has 6 nitrogen and oxygen atoms in total. The van der Waals surface area contributed by atoms with Gasteiger partial charge in [-0.3, -0.25) is 0 Å². The predicted octanol–water partition coefficient (Wildman–Crippen LogP) is 0.622. The van der Waals surface area contributed by atoms with Crippen molar-refractivity contribution in [3.63, 3.8) is 0 Å². The normalized spacial score (nSPS) is 15.3. The fourth-order valence-electron chi connectivity index (χ4n) is 1.75. The number of sulfonamides is 1. The number of hydrogen-bond donors (Lipinski definition) is 3. The second kappa shape index (κ2) is 6.40. The van der Waals surface area contributed by atoms with Crippen molar-refractivity contribution >= 4 is 31.6 Å². The minimum absolute atomic E-state index is 0.0739. The van der Waals surface area contributed by atoms with Crippen molar-refractivity contribution in [2.75, 3.05) is 32.9 Å². The van der Waals surface area contributed by atoms with Gasteiger partial charge in [0.15, 0.2) is 0 Å². The molecule has 0 saturated heterocycles. The van der Waals surface area contributed by atoms with Gasteiger partial charge in [-0.1, -0.05) is 0 Å². The Hall–Kier alpha value is -0.670. The molecule has 0 aliphatic carbocycles. The summed E-state index contributed by atoms with van der Waals surface area (Å²) in [7, 11) is -0.0714. The molecule has 0 aromatic heterocycles. The molecule has 0 aliphatic heterocycles. The van der Waals surface area contributed by atoms with Gasteiger partial charge >= 0.3 is 0 Å². The van der Waals surface area contributed by atoms with Crippen molar-refractivity contribution in [1.82, 2.24) is 9.62 Å². The second-order valence-electron chi connectivity index (χ2n) is 5.24. The zero-order chi connectivity index (χ0) is 15.6. The molecule has 114 valence electrons. The monoisotopic (exact) mass is 365 g/mol. The van der Waals surface area contributed by atoms with Gasteiger partial charge in [-0.15, -0.1) is 0 Å². The Morgan fingerprint density at radius 1 is 1.45 bits per heavy atom. The van der Waals surface area contributed by atoms with Gasteiger partial charge in [-0.2, -0.15) is 0 Å². The number of nitrogen functional groups attached to an aromatic ring is 1. The Balaban J connectivity index is 2.82. The Morgan fingerprint density at radius 2 is 2.05 bits per heavy atom. The van der Waals surface area contributed by atoms with Gasteiger partial charge in [0, 0.05) is 23.2 Å². The van der Waals surface area contributed by atoms with E-state index in [1.54, 1.807) is 25.9 Å². The molecule has 0 aliphatic rings. The minimum Gasteiger partial charge on any atom is -0.398 e. The number of nitrogens with one attached hydrogen (secondary N) is 1. The average molecular weight is 366 g/mol. The van der Waals surface area contributed by atoms with E-state index in [-0.39, 0.29) is 11.4 Å². The molecule has 0 amide bonds. The van der Waals surface area contributed by atoms with E-state index in [1.807, 2.05) is 0 Å². The molecule has 0 heterocycles. The first kappa shape index (κ1) is 17.4. The third-order valence-electron chi connectivity index (χ3n) is 2.58. The number of benzene rings is 1. The highest BCUT2D eigenvalue weighted by Gasteiger charge is 2.25. The lowest BCUT2D eigenvalue weighted by molar-refractivity contribution is 0.0386. The lowest BCUT2D eigenvalue weighted by Crippen LogP contribution is -2.47. The number of hydrogen-bond acceptors (Lipinski definition) is 5. The lowest BCUT2D eigenvalue weighted by atomic mass is 10.1. The SMILES string of the molecule is CN(C)CC(C)(O)CNS(=O)(=O)c1ccc(N)c(Br)c1. The highest BCUT2D eigenvalue weighted by molar-refractivity contribution is 9.10. The molecule has 1 atom stereocenters. The number of nitrogens with two attached hydrogens (primary N) is 1. The van der Waals surface area contributed by atoms with Crippen molar-refractivity contribution in [2.24, 2.45) is 0 Å². The maximum Gasteiger partial charge on any atom is 0.240 e. The maximum atomic E-state index is 12.1. The third kappa shape index (κ3) is 5.02. The van der Waals surface area contributed by atoms with Gasteiger partial charge in [-0.25, -0.2) is 13.1 Å². The molecule has 0 saturated carbocycles. The van der Waals surface area contributed by atoms with Crippen LogP contribution >= 0.6 is 15.9 Å². The minimum atomic E-state index is -3.68. The molecular weight excluding hydrogens is 346 g/mol. The van der Waals surface area contributed by atoms with Crippen LogP contribution in [0.25, 0.3) is 0 Å². The van der Waals surface area contributed by atoms with Gasteiger partial charge in [0.1, 0.15) is 0 Å². The first-order chi connectivity index (χ1) is 9.03. The summed E-state index contributed by atoms with van der Waals surface area (Å²) in [5, 5.41) is 10.1. The summed E-state index contributed by atoms with van der Waals surface area (Å²) in [6, 6.07) is 4.36. The van der Waals surface area contributed by atoms with Crippen molar-refractivity contribution < 1.29 is 13.5 Å². The van der Waals surface area contributed by atoms with Crippen molar-refractivity contribution in [2.45, 2.75) is 17.4 Å². The van der Waals surface area contributed by atoms with Gasteiger partial charge in [0.25, 0.3) is 0 Å². The summed E-state index contributed by atoms with van der Waals surface area (Å²) < 4.78 is 27.2. The molecule has 0 fully saturated rings. The van der Waals surface area contributed by atoms with Crippen LogP contribution in [0.15, 0.2) is 27.6 Å². The molecule has 1 aromatic rings. The number of halogens is 1. The van der Waals surface area contributed by atoms with Gasteiger partial charge in [0.05, 0.1) is 10.5 Å². The van der Waals surface area contributed by atoms with Gasteiger partial charge in [-0.05, 0) is 55.1 Å². The van der Waals surface area contributed by atoms with Crippen LogP contribution < -0.4 is 10.5 Å². The zero-order valence-corrected chi connectivity index (χ0v) is 14.1.